The molecule has 2 atom stereocenters. The Morgan fingerprint density at radius 2 is 2.36 bits per heavy atom. The number of nitrogens with zero attached hydrogens (tertiary/aromatic N) is 1. The molecule has 3 nitrogen and oxygen atoms in total. The number of aliphatic hydroxyl groups is 1. The maximum absolute atomic E-state index is 13.7. The molecule has 0 bridgehead atoms. The molecular weight excluding hydrogens is 299 g/mol. The van der Waals surface area contributed by atoms with Crippen molar-refractivity contribution in [1.82, 2.24) is 10.3 Å². The molecule has 2 aromatic rings. The van der Waals surface area contributed by atoms with Gasteiger partial charge < -0.3 is 10.4 Å². The fourth-order valence-electron chi connectivity index (χ4n) is 3.01. The van der Waals surface area contributed by atoms with Crippen LogP contribution in [-0.2, 0) is 6.54 Å². The molecule has 0 unspecified atom stereocenters. The predicted octanol–water partition coefficient (Wildman–Crippen LogP) is 3.11. The van der Waals surface area contributed by atoms with Crippen LogP contribution in [0, 0.1) is 5.82 Å². The average Bonchev–Trinajstić information content (AvgIpc) is 2.51. The number of fused-ring (bicyclic) bond motifs is 1. The van der Waals surface area contributed by atoms with E-state index >= 15 is 0 Å². The van der Waals surface area contributed by atoms with E-state index in [-0.39, 0.29) is 5.82 Å². The minimum Gasteiger partial charge on any atom is -0.387 e. The van der Waals surface area contributed by atoms with E-state index in [1.165, 1.54) is 12.1 Å². The summed E-state index contributed by atoms with van der Waals surface area (Å²) in [6.07, 6.45) is 3.62. The van der Waals surface area contributed by atoms with Crippen LogP contribution in [0.25, 0.3) is 10.9 Å². The van der Waals surface area contributed by atoms with Gasteiger partial charge >= 0.3 is 0 Å². The van der Waals surface area contributed by atoms with Crippen molar-refractivity contribution in [2.75, 3.05) is 12.3 Å². The highest BCUT2D eigenvalue weighted by Crippen LogP contribution is 2.40. The number of rotatable bonds is 6. The summed E-state index contributed by atoms with van der Waals surface area (Å²) in [5.41, 5.74) is 1.02. The highest BCUT2D eigenvalue weighted by atomic mass is 32.2. The number of hydrogen-bond acceptors (Lipinski definition) is 4. The number of aromatic nitrogens is 1. The molecule has 22 heavy (non-hydrogen) atoms. The van der Waals surface area contributed by atoms with E-state index < -0.39 is 5.60 Å². The van der Waals surface area contributed by atoms with Crippen LogP contribution in [0.2, 0.25) is 0 Å². The van der Waals surface area contributed by atoms with Crippen LogP contribution in [0.1, 0.15) is 25.3 Å². The van der Waals surface area contributed by atoms with Crippen LogP contribution < -0.4 is 5.32 Å². The first-order valence-corrected chi connectivity index (χ1v) is 8.75. The van der Waals surface area contributed by atoms with Crippen LogP contribution >= 0.6 is 11.8 Å². The van der Waals surface area contributed by atoms with Crippen molar-refractivity contribution >= 4 is 22.7 Å². The Morgan fingerprint density at radius 3 is 3.09 bits per heavy atom. The van der Waals surface area contributed by atoms with Crippen molar-refractivity contribution in [2.45, 2.75) is 37.2 Å². The van der Waals surface area contributed by atoms with Gasteiger partial charge in [0.2, 0.25) is 0 Å². The van der Waals surface area contributed by atoms with Crippen molar-refractivity contribution < 1.29 is 9.50 Å². The van der Waals surface area contributed by atoms with Gasteiger partial charge in [-0.1, -0.05) is 13.0 Å². The van der Waals surface area contributed by atoms with Gasteiger partial charge in [-0.3, -0.25) is 4.98 Å². The van der Waals surface area contributed by atoms with Crippen LogP contribution in [0.3, 0.4) is 0 Å². The Balaban J connectivity index is 1.67. The third kappa shape index (κ3) is 3.12. The summed E-state index contributed by atoms with van der Waals surface area (Å²) in [5.74, 6) is 0.768. The molecule has 1 saturated carbocycles. The zero-order valence-electron chi connectivity index (χ0n) is 12.7. The summed E-state index contributed by atoms with van der Waals surface area (Å²) in [6, 6.07) is 6.69. The maximum atomic E-state index is 13.7. The molecule has 1 aliphatic carbocycles. The second kappa shape index (κ2) is 6.52. The summed E-state index contributed by atoms with van der Waals surface area (Å²) in [6.45, 7) is 3.16. The number of halogens is 1. The summed E-state index contributed by atoms with van der Waals surface area (Å²) < 4.78 is 13.7. The number of thioether (sulfide) groups is 1. The zero-order valence-corrected chi connectivity index (χ0v) is 13.5. The lowest BCUT2D eigenvalue weighted by Gasteiger charge is -2.45. The molecule has 0 spiro atoms. The smallest absolute Gasteiger partial charge is 0.124 e. The Hall–Kier alpha value is -1.17. The van der Waals surface area contributed by atoms with Crippen LogP contribution in [-0.4, -0.2) is 33.2 Å². The second-order valence-corrected chi connectivity index (χ2v) is 7.31. The van der Waals surface area contributed by atoms with Crippen LogP contribution in [0.15, 0.2) is 30.5 Å². The van der Waals surface area contributed by atoms with Crippen molar-refractivity contribution in [1.29, 1.82) is 0 Å². The van der Waals surface area contributed by atoms with Crippen molar-refractivity contribution in [3.8, 4) is 0 Å². The lowest BCUT2D eigenvalue weighted by atomic mass is 9.79. The van der Waals surface area contributed by atoms with Crippen molar-refractivity contribution in [3.63, 3.8) is 0 Å². The number of benzene rings is 1. The fourth-order valence-corrected chi connectivity index (χ4v) is 4.21. The van der Waals surface area contributed by atoms with E-state index in [2.05, 4.69) is 17.2 Å². The SMILES string of the molecule is CCS[C@H]1CC[C@]1(O)CNCc1cc(F)cc2cccnc12. The van der Waals surface area contributed by atoms with Crippen molar-refractivity contribution in [3.05, 3.63) is 41.8 Å². The van der Waals surface area contributed by atoms with Gasteiger partial charge in [0, 0.05) is 29.9 Å². The zero-order chi connectivity index (χ0) is 15.6. The predicted molar refractivity (Wildman–Crippen MR) is 89.5 cm³/mol. The molecule has 1 aliphatic rings. The van der Waals surface area contributed by atoms with Gasteiger partial charge in [0.1, 0.15) is 5.82 Å². The van der Waals surface area contributed by atoms with Gasteiger partial charge in [0.15, 0.2) is 0 Å². The highest BCUT2D eigenvalue weighted by Gasteiger charge is 2.44. The van der Waals surface area contributed by atoms with Gasteiger partial charge in [-0.2, -0.15) is 11.8 Å². The molecule has 1 fully saturated rings. The van der Waals surface area contributed by atoms with Crippen LogP contribution in [0.4, 0.5) is 4.39 Å². The Morgan fingerprint density at radius 1 is 1.50 bits per heavy atom. The third-order valence-corrected chi connectivity index (χ3v) is 5.71. The van der Waals surface area contributed by atoms with E-state index in [1.54, 1.807) is 6.20 Å². The van der Waals surface area contributed by atoms with Gasteiger partial charge in [0.25, 0.3) is 0 Å². The van der Waals surface area contributed by atoms with E-state index in [0.717, 1.165) is 35.1 Å². The Bertz CT molecular complexity index is 666. The van der Waals surface area contributed by atoms with Crippen molar-refractivity contribution in [2.24, 2.45) is 0 Å². The van der Waals surface area contributed by atoms with Gasteiger partial charge in [0.05, 0.1) is 11.1 Å². The summed E-state index contributed by atoms with van der Waals surface area (Å²) in [7, 11) is 0. The molecule has 118 valence electrons. The molecule has 1 aromatic heterocycles. The fraction of sp³-hybridized carbons (Fsp3) is 0.471. The minimum atomic E-state index is -0.628. The molecule has 0 saturated heterocycles. The lowest BCUT2D eigenvalue weighted by Crippen LogP contribution is -2.56. The molecular formula is C17H21FN2OS. The molecule has 1 heterocycles. The first-order valence-electron chi connectivity index (χ1n) is 7.70. The molecule has 1 aromatic carbocycles. The third-order valence-electron chi connectivity index (χ3n) is 4.30. The molecule has 5 heteroatoms. The second-order valence-electron chi connectivity index (χ2n) is 5.83. The quantitative estimate of drug-likeness (QED) is 0.858. The van der Waals surface area contributed by atoms with E-state index in [4.69, 9.17) is 0 Å². The number of hydrogen-bond donors (Lipinski definition) is 2. The van der Waals surface area contributed by atoms with Crippen LogP contribution in [0.5, 0.6) is 0 Å². The largest absolute Gasteiger partial charge is 0.387 e. The van der Waals surface area contributed by atoms with Gasteiger partial charge in [-0.25, -0.2) is 4.39 Å². The van der Waals surface area contributed by atoms with E-state index in [1.807, 2.05) is 23.9 Å². The van der Waals surface area contributed by atoms with Gasteiger partial charge in [-0.05, 0) is 42.4 Å². The normalized spacial score (nSPS) is 24.4. The Kier molecular flexibility index (Phi) is 4.66. The first kappa shape index (κ1) is 15.7. The molecule has 0 radical (unpaired) electrons. The van der Waals surface area contributed by atoms with E-state index in [0.29, 0.717) is 18.3 Å². The van der Waals surface area contributed by atoms with E-state index in [9.17, 15) is 9.50 Å². The monoisotopic (exact) mass is 320 g/mol. The lowest BCUT2D eigenvalue weighted by molar-refractivity contribution is -0.0234. The standard InChI is InChI=1S/C17H21FN2OS/c1-2-22-15-5-6-17(15,21)11-19-10-13-9-14(18)8-12-4-3-7-20-16(12)13/h3-4,7-9,15,19,21H,2,5-6,10-11H2,1H3/t15-,17-/m0/s1. The summed E-state index contributed by atoms with van der Waals surface area (Å²) in [5, 5.41) is 15.0. The average molecular weight is 320 g/mol. The number of nitrogens with one attached hydrogen (secondary N) is 1. The molecule has 3 rings (SSSR count). The molecule has 0 aliphatic heterocycles. The summed E-state index contributed by atoms with van der Waals surface area (Å²) >= 11 is 1.81. The molecule has 0 amide bonds. The van der Waals surface area contributed by atoms with Gasteiger partial charge in [-0.15, -0.1) is 0 Å². The Labute approximate surface area is 134 Å². The topological polar surface area (TPSA) is 45.1 Å². The highest BCUT2D eigenvalue weighted by molar-refractivity contribution is 8.00. The maximum Gasteiger partial charge on any atom is 0.124 e. The molecule has 2 N–H and O–H groups in total. The minimum absolute atomic E-state index is 0.251. The first-order chi connectivity index (χ1) is 10.6. The summed E-state index contributed by atoms with van der Waals surface area (Å²) in [4.78, 5) is 4.34. The number of pyridine rings is 1.